The number of rotatable bonds is 1. The fourth-order valence-electron chi connectivity index (χ4n) is 0.0390. The van der Waals surface area contributed by atoms with Gasteiger partial charge in [0.2, 0.25) is 0 Å². The van der Waals surface area contributed by atoms with Gasteiger partial charge < -0.3 is 5.11 Å². The molecule has 0 saturated carbocycles. The van der Waals surface area contributed by atoms with Crippen molar-refractivity contribution in [1.29, 1.82) is 0 Å². The number of hydrogen-bond donors (Lipinski definition) is 3. The molecule has 0 unspecified atom stereocenters. The monoisotopic (exact) mass is 93.0 g/mol. The van der Waals surface area contributed by atoms with Crippen LogP contribution in [0.2, 0.25) is 0 Å². The molecule has 0 fully saturated rings. The Bertz CT molecular complexity index is 51.5. The van der Waals surface area contributed by atoms with E-state index in [2.05, 4.69) is 4.99 Å². The lowest BCUT2D eigenvalue weighted by atomic mass is 11.3. The van der Waals surface area contributed by atoms with Gasteiger partial charge in [-0.3, -0.25) is 0 Å². The smallest absolute Gasteiger partial charge is 0.431 e. The van der Waals surface area contributed by atoms with Crippen LogP contribution in [0.3, 0.4) is 0 Å². The van der Waals surface area contributed by atoms with Crippen LogP contribution in [0.15, 0.2) is 0 Å². The Kier molecular flexibility index (Phi) is 2.10. The number of nitrogens with one attached hydrogen (secondary N) is 1. The number of carboxylic acid groups (broad SMARTS) is 1. The van der Waals surface area contributed by atoms with Crippen molar-refractivity contribution in [3.8, 4) is 0 Å². The minimum atomic E-state index is -1.43. The summed E-state index contributed by atoms with van der Waals surface area (Å²) in [4.78, 5) is 12.2. The molecular formula is CH3NO4. The standard InChI is InChI=1S/CH3NO4/c3-1(4)2-6-5/h2,5H,(H,3,4). The Morgan fingerprint density at radius 2 is 2.33 bits per heavy atom. The summed E-state index contributed by atoms with van der Waals surface area (Å²) in [7, 11) is 0. The number of hydrogen-bond acceptors (Lipinski definition) is 3. The van der Waals surface area contributed by atoms with Crippen LogP contribution in [0.1, 0.15) is 0 Å². The third-order valence-electron chi connectivity index (χ3n) is 0.133. The van der Waals surface area contributed by atoms with Gasteiger partial charge in [-0.25, -0.2) is 10.1 Å². The SMILES string of the molecule is O=C(O)NOO. The molecule has 0 bridgehead atoms. The number of hydroxylamine groups is 1. The Labute approximate surface area is 33.0 Å². The molecule has 0 aliphatic carbocycles. The van der Waals surface area contributed by atoms with E-state index in [1.165, 1.54) is 5.48 Å². The summed E-state index contributed by atoms with van der Waals surface area (Å²) in [5.41, 5.74) is 1.18. The molecule has 5 nitrogen and oxygen atoms in total. The van der Waals surface area contributed by atoms with E-state index >= 15 is 0 Å². The Morgan fingerprint density at radius 3 is 2.33 bits per heavy atom. The van der Waals surface area contributed by atoms with E-state index in [0.29, 0.717) is 0 Å². The maximum Gasteiger partial charge on any atom is 0.431 e. The second kappa shape index (κ2) is 2.43. The summed E-state index contributed by atoms with van der Waals surface area (Å²) in [6.45, 7) is 0. The summed E-state index contributed by atoms with van der Waals surface area (Å²) in [5.74, 6) is 0. The fourth-order valence-corrected chi connectivity index (χ4v) is 0.0390. The van der Waals surface area contributed by atoms with Gasteiger partial charge in [-0.05, 0) is 0 Å². The summed E-state index contributed by atoms with van der Waals surface area (Å²) < 4.78 is 0. The Hall–Kier alpha value is -0.810. The molecule has 0 aromatic rings. The molecule has 0 atom stereocenters. The molecule has 3 N–H and O–H groups in total. The van der Waals surface area contributed by atoms with Crippen molar-refractivity contribution in [2.45, 2.75) is 0 Å². The lowest BCUT2D eigenvalue weighted by Gasteiger charge is -1.85. The van der Waals surface area contributed by atoms with Crippen LogP contribution < -0.4 is 5.48 Å². The zero-order valence-corrected chi connectivity index (χ0v) is 2.71. The van der Waals surface area contributed by atoms with Crippen LogP contribution in [0, 0.1) is 0 Å². The molecule has 0 saturated heterocycles. The first-order valence-electron chi connectivity index (χ1n) is 1.06. The van der Waals surface area contributed by atoms with Gasteiger partial charge in [-0.2, -0.15) is 5.48 Å². The first-order valence-corrected chi connectivity index (χ1v) is 1.06. The highest BCUT2D eigenvalue weighted by Gasteiger charge is 1.85. The van der Waals surface area contributed by atoms with E-state index in [1.54, 1.807) is 0 Å². The fraction of sp³-hybridized carbons (Fsp3) is 0. The second-order valence-corrected chi connectivity index (χ2v) is 0.499. The van der Waals surface area contributed by atoms with Crippen molar-refractivity contribution in [1.82, 2.24) is 5.48 Å². The summed E-state index contributed by atoms with van der Waals surface area (Å²) in [6.07, 6.45) is -1.43. The van der Waals surface area contributed by atoms with Crippen LogP contribution in [-0.2, 0) is 4.99 Å². The van der Waals surface area contributed by atoms with Crippen molar-refractivity contribution in [3.63, 3.8) is 0 Å². The molecule has 0 radical (unpaired) electrons. The van der Waals surface area contributed by atoms with Crippen molar-refractivity contribution in [2.24, 2.45) is 0 Å². The minimum absolute atomic E-state index is 1.18. The van der Waals surface area contributed by atoms with Crippen LogP contribution in [0.4, 0.5) is 4.79 Å². The highest BCUT2D eigenvalue weighted by Crippen LogP contribution is 1.53. The van der Waals surface area contributed by atoms with Gasteiger partial charge in [-0.15, -0.1) is 4.99 Å². The normalized spacial score (nSPS) is 7.50. The maximum atomic E-state index is 9.20. The Balaban J connectivity index is 2.83. The summed E-state index contributed by atoms with van der Waals surface area (Å²) in [6, 6.07) is 0. The highest BCUT2D eigenvalue weighted by molar-refractivity contribution is 5.62. The quantitative estimate of drug-likeness (QED) is 0.306. The molecular weight excluding hydrogens is 90.0 g/mol. The maximum absolute atomic E-state index is 9.20. The molecule has 0 aliphatic rings. The van der Waals surface area contributed by atoms with Gasteiger partial charge in [0.1, 0.15) is 0 Å². The van der Waals surface area contributed by atoms with Gasteiger partial charge in [0.15, 0.2) is 0 Å². The number of amides is 1. The molecule has 0 aliphatic heterocycles. The molecule has 0 aromatic carbocycles. The molecule has 1 amide bonds. The first-order chi connectivity index (χ1) is 2.77. The molecule has 6 heavy (non-hydrogen) atoms. The van der Waals surface area contributed by atoms with Crippen molar-refractivity contribution >= 4 is 6.09 Å². The summed E-state index contributed by atoms with van der Waals surface area (Å²) >= 11 is 0. The van der Waals surface area contributed by atoms with Crippen molar-refractivity contribution in [3.05, 3.63) is 0 Å². The highest BCUT2D eigenvalue weighted by atomic mass is 17.2. The largest absolute Gasteiger partial charge is 0.463 e. The van der Waals surface area contributed by atoms with E-state index in [4.69, 9.17) is 10.4 Å². The average molecular weight is 93.0 g/mol. The molecule has 36 valence electrons. The van der Waals surface area contributed by atoms with E-state index in [0.717, 1.165) is 0 Å². The lowest BCUT2D eigenvalue weighted by molar-refractivity contribution is -0.280. The van der Waals surface area contributed by atoms with E-state index in [-0.39, 0.29) is 0 Å². The van der Waals surface area contributed by atoms with Gasteiger partial charge in [-0.1, -0.05) is 0 Å². The third-order valence-corrected chi connectivity index (χ3v) is 0.133. The summed E-state index contributed by atoms with van der Waals surface area (Å²) in [5, 5.41) is 14.8. The predicted octanol–water partition coefficient (Wildman–Crippen LogP) is -0.341. The molecule has 0 aromatic heterocycles. The van der Waals surface area contributed by atoms with Gasteiger partial charge >= 0.3 is 6.09 Å². The van der Waals surface area contributed by atoms with E-state index < -0.39 is 6.09 Å². The van der Waals surface area contributed by atoms with Gasteiger partial charge in [0, 0.05) is 0 Å². The van der Waals surface area contributed by atoms with Crippen LogP contribution in [0.25, 0.3) is 0 Å². The zero-order chi connectivity index (χ0) is 4.99. The Morgan fingerprint density at radius 1 is 1.83 bits per heavy atom. The molecule has 0 rings (SSSR count). The van der Waals surface area contributed by atoms with E-state index in [1.807, 2.05) is 0 Å². The topological polar surface area (TPSA) is 78.8 Å². The zero-order valence-electron chi connectivity index (χ0n) is 2.71. The van der Waals surface area contributed by atoms with Crippen LogP contribution >= 0.6 is 0 Å². The predicted molar refractivity (Wildman–Crippen MR) is 14.9 cm³/mol. The third kappa shape index (κ3) is 3.19. The van der Waals surface area contributed by atoms with Crippen molar-refractivity contribution in [2.75, 3.05) is 0 Å². The molecule has 0 spiro atoms. The van der Waals surface area contributed by atoms with Gasteiger partial charge in [0.05, 0.1) is 0 Å². The van der Waals surface area contributed by atoms with Crippen LogP contribution in [-0.4, -0.2) is 16.5 Å². The average Bonchev–Trinajstić information content (AvgIpc) is 1.35. The van der Waals surface area contributed by atoms with E-state index in [9.17, 15) is 4.79 Å². The number of carbonyl (C=O) groups is 1. The minimum Gasteiger partial charge on any atom is -0.463 e. The molecule has 5 heteroatoms. The van der Waals surface area contributed by atoms with Gasteiger partial charge in [0.25, 0.3) is 0 Å². The lowest BCUT2D eigenvalue weighted by Crippen LogP contribution is -2.18. The van der Waals surface area contributed by atoms with Crippen molar-refractivity contribution < 1.29 is 20.1 Å². The first kappa shape index (κ1) is 5.19. The molecule has 0 heterocycles. The van der Waals surface area contributed by atoms with Crippen LogP contribution in [0.5, 0.6) is 0 Å². The second-order valence-electron chi connectivity index (χ2n) is 0.499.